The molecule has 8 nitrogen and oxygen atoms in total. The number of halogens is 2. The number of carbonyl (C=O) groups excluding carboxylic acids is 2. The van der Waals surface area contributed by atoms with Gasteiger partial charge in [0.15, 0.2) is 5.78 Å². The molecule has 0 aliphatic heterocycles. The number of aromatic nitrogens is 2. The third-order valence-corrected chi connectivity index (χ3v) is 6.38. The van der Waals surface area contributed by atoms with Gasteiger partial charge in [0, 0.05) is 26.9 Å². The molecule has 152 valence electrons. The van der Waals surface area contributed by atoms with Gasteiger partial charge in [-0.05, 0) is 46.7 Å². The van der Waals surface area contributed by atoms with Crippen LogP contribution in [0.5, 0.6) is 0 Å². The van der Waals surface area contributed by atoms with Crippen LogP contribution in [-0.2, 0) is 10.1 Å². The van der Waals surface area contributed by atoms with Crippen LogP contribution in [0.3, 0.4) is 0 Å². The highest BCUT2D eigenvalue weighted by Gasteiger charge is 2.32. The zero-order valence-electron chi connectivity index (χ0n) is 14.9. The summed E-state index contributed by atoms with van der Waals surface area (Å²) in [5.41, 5.74) is 4.15. The summed E-state index contributed by atoms with van der Waals surface area (Å²) in [5, 5.41) is -1.15. The van der Waals surface area contributed by atoms with Crippen molar-refractivity contribution in [3.8, 4) is 0 Å². The van der Waals surface area contributed by atoms with Gasteiger partial charge in [-0.1, -0.05) is 13.0 Å². The molecule has 0 bridgehead atoms. The first-order valence-corrected chi connectivity index (χ1v) is 10.9. The van der Waals surface area contributed by atoms with Gasteiger partial charge in [-0.2, -0.15) is 8.42 Å². The number of nitrogens with two attached hydrogens (primary N) is 1. The maximum atomic E-state index is 15.2. The van der Waals surface area contributed by atoms with Crippen LogP contribution < -0.4 is 5.73 Å². The lowest BCUT2D eigenvalue weighted by molar-refractivity contribution is 0.0996. The molecule has 11 heteroatoms. The molecule has 1 amide bonds. The van der Waals surface area contributed by atoms with E-state index in [0.29, 0.717) is 11.0 Å². The molecule has 0 radical (unpaired) electrons. The van der Waals surface area contributed by atoms with Gasteiger partial charge in [0.2, 0.25) is 0 Å². The number of primary amides is 1. The van der Waals surface area contributed by atoms with Crippen LogP contribution in [0, 0.1) is 9.39 Å². The number of hydrogen-bond donors (Lipinski definition) is 3. The van der Waals surface area contributed by atoms with Crippen molar-refractivity contribution in [2.24, 2.45) is 5.73 Å². The Balaban J connectivity index is 2.33. The minimum absolute atomic E-state index is 0.0398. The van der Waals surface area contributed by atoms with Crippen LogP contribution in [0.2, 0.25) is 0 Å². The van der Waals surface area contributed by atoms with Gasteiger partial charge < -0.3 is 10.7 Å². The summed E-state index contributed by atoms with van der Waals surface area (Å²) >= 11 is 2.00. The van der Waals surface area contributed by atoms with Crippen molar-refractivity contribution < 1.29 is 27.0 Å². The van der Waals surface area contributed by atoms with E-state index in [1.54, 1.807) is 12.3 Å². The van der Waals surface area contributed by atoms with Crippen LogP contribution in [0.4, 0.5) is 4.39 Å². The molecule has 2 heterocycles. The standard InChI is InChI=1S/C18H15FIN3O5S/c1-2-13(29(26,27)28)9-3-4-10(17(21)25)15(19)14(9)16(24)12-7-23-18-11(12)5-8(20)6-22-18/h3-7,13H,2H2,1H3,(H2,21,25)(H,22,23)(H,26,27,28). The Labute approximate surface area is 178 Å². The van der Waals surface area contributed by atoms with Gasteiger partial charge in [-0.15, -0.1) is 0 Å². The largest absolute Gasteiger partial charge is 0.366 e. The molecule has 1 unspecified atom stereocenters. The first-order chi connectivity index (χ1) is 13.6. The van der Waals surface area contributed by atoms with Gasteiger partial charge in [-0.3, -0.25) is 14.1 Å². The van der Waals surface area contributed by atoms with E-state index < -0.39 is 44.0 Å². The summed E-state index contributed by atoms with van der Waals surface area (Å²) in [7, 11) is -4.65. The highest BCUT2D eigenvalue weighted by molar-refractivity contribution is 14.1. The third kappa shape index (κ3) is 3.89. The second-order valence-corrected chi connectivity index (χ2v) is 9.09. The minimum Gasteiger partial charge on any atom is -0.366 e. The van der Waals surface area contributed by atoms with Crippen molar-refractivity contribution in [2.75, 3.05) is 0 Å². The molecule has 0 saturated carbocycles. The number of amides is 1. The number of pyridine rings is 1. The Morgan fingerprint density at radius 2 is 2.03 bits per heavy atom. The Bertz CT molecular complexity index is 1260. The molecule has 0 saturated heterocycles. The van der Waals surface area contributed by atoms with Crippen molar-refractivity contribution in [2.45, 2.75) is 18.6 Å². The SMILES string of the molecule is CCC(c1ccc(C(N)=O)c(F)c1C(=O)c1c[nH]c2ncc(I)cc12)S(=O)(=O)O. The topological polar surface area (TPSA) is 143 Å². The fraction of sp³-hybridized carbons (Fsp3) is 0.167. The van der Waals surface area contributed by atoms with Crippen LogP contribution >= 0.6 is 22.6 Å². The van der Waals surface area contributed by atoms with E-state index in [2.05, 4.69) is 9.97 Å². The summed E-state index contributed by atoms with van der Waals surface area (Å²) in [6.07, 6.45) is 2.77. The molecule has 0 aliphatic rings. The van der Waals surface area contributed by atoms with Gasteiger partial charge in [0.05, 0.1) is 11.1 Å². The van der Waals surface area contributed by atoms with Crippen molar-refractivity contribution in [3.05, 3.63) is 62.2 Å². The molecule has 2 aromatic heterocycles. The first kappa shape index (κ1) is 21.3. The number of hydrogen-bond acceptors (Lipinski definition) is 5. The predicted molar refractivity (Wildman–Crippen MR) is 112 cm³/mol. The van der Waals surface area contributed by atoms with Crippen LogP contribution in [0.15, 0.2) is 30.6 Å². The average Bonchev–Trinajstić information content (AvgIpc) is 3.03. The maximum absolute atomic E-state index is 15.2. The monoisotopic (exact) mass is 531 g/mol. The molecule has 3 aromatic rings. The Morgan fingerprint density at radius 1 is 1.34 bits per heavy atom. The zero-order valence-corrected chi connectivity index (χ0v) is 17.9. The number of rotatable bonds is 6. The fourth-order valence-corrected chi connectivity index (χ4v) is 4.56. The average molecular weight is 531 g/mol. The molecule has 29 heavy (non-hydrogen) atoms. The van der Waals surface area contributed by atoms with E-state index in [1.165, 1.54) is 13.1 Å². The van der Waals surface area contributed by atoms with E-state index in [-0.39, 0.29) is 17.5 Å². The molecule has 3 rings (SSSR count). The number of carbonyl (C=O) groups is 2. The second-order valence-electron chi connectivity index (χ2n) is 6.25. The van der Waals surface area contributed by atoms with Gasteiger partial charge in [0.1, 0.15) is 16.7 Å². The van der Waals surface area contributed by atoms with E-state index >= 15 is 4.39 Å². The lowest BCUT2D eigenvalue weighted by Gasteiger charge is -2.17. The Morgan fingerprint density at radius 3 is 2.62 bits per heavy atom. The maximum Gasteiger partial charge on any atom is 0.272 e. The minimum atomic E-state index is -4.65. The second kappa shape index (κ2) is 7.80. The summed E-state index contributed by atoms with van der Waals surface area (Å²) in [6, 6.07) is 3.77. The van der Waals surface area contributed by atoms with E-state index in [4.69, 9.17) is 5.73 Å². The summed E-state index contributed by atoms with van der Waals surface area (Å²) in [6.45, 7) is 1.46. The normalized spacial score (nSPS) is 12.8. The first-order valence-electron chi connectivity index (χ1n) is 8.32. The molecule has 0 aliphatic carbocycles. The summed E-state index contributed by atoms with van der Waals surface area (Å²) < 4.78 is 49.1. The quantitative estimate of drug-likeness (QED) is 0.254. The van der Waals surface area contributed by atoms with Gasteiger partial charge >= 0.3 is 0 Å². The number of aromatic amines is 1. The third-order valence-electron chi connectivity index (χ3n) is 4.49. The van der Waals surface area contributed by atoms with E-state index in [9.17, 15) is 22.6 Å². The number of nitrogens with zero attached hydrogens (tertiary/aromatic N) is 1. The van der Waals surface area contributed by atoms with Crippen molar-refractivity contribution in [1.82, 2.24) is 9.97 Å². The number of H-pyrrole nitrogens is 1. The summed E-state index contributed by atoms with van der Waals surface area (Å²) in [4.78, 5) is 31.8. The molecule has 0 spiro atoms. The zero-order chi connectivity index (χ0) is 21.5. The summed E-state index contributed by atoms with van der Waals surface area (Å²) in [5.74, 6) is -3.22. The number of fused-ring (bicyclic) bond motifs is 1. The molecular formula is C18H15FIN3O5S. The number of ketones is 1. The molecule has 0 fully saturated rings. The van der Waals surface area contributed by atoms with Gasteiger partial charge in [-0.25, -0.2) is 9.37 Å². The van der Waals surface area contributed by atoms with Crippen LogP contribution in [0.25, 0.3) is 11.0 Å². The Hall–Kier alpha value is -2.38. The highest BCUT2D eigenvalue weighted by atomic mass is 127. The number of nitrogens with one attached hydrogen (secondary N) is 1. The van der Waals surface area contributed by atoms with E-state index in [1.807, 2.05) is 22.6 Å². The lowest BCUT2D eigenvalue weighted by Crippen LogP contribution is -2.21. The fourth-order valence-electron chi connectivity index (χ4n) is 3.17. The van der Waals surface area contributed by atoms with Crippen molar-refractivity contribution in [1.29, 1.82) is 0 Å². The lowest BCUT2D eigenvalue weighted by atomic mass is 9.92. The molecule has 1 atom stereocenters. The highest BCUT2D eigenvalue weighted by Crippen LogP contribution is 2.33. The number of benzene rings is 1. The molecule has 4 N–H and O–H groups in total. The predicted octanol–water partition coefficient (Wildman–Crippen LogP) is 2.98. The molecular weight excluding hydrogens is 516 g/mol. The van der Waals surface area contributed by atoms with Crippen molar-refractivity contribution in [3.63, 3.8) is 0 Å². The smallest absolute Gasteiger partial charge is 0.272 e. The van der Waals surface area contributed by atoms with Crippen LogP contribution in [-0.4, -0.2) is 34.6 Å². The van der Waals surface area contributed by atoms with Gasteiger partial charge in [0.25, 0.3) is 16.0 Å². The van der Waals surface area contributed by atoms with Crippen LogP contribution in [0.1, 0.15) is 50.4 Å². The molecule has 1 aromatic carbocycles. The van der Waals surface area contributed by atoms with E-state index in [0.717, 1.165) is 15.7 Å². The Kier molecular flexibility index (Phi) is 5.74. The van der Waals surface area contributed by atoms with Crippen molar-refractivity contribution >= 4 is 55.4 Å².